The number of carboxylic acid groups (broad SMARTS) is 2. The molecule has 0 bridgehead atoms. The van der Waals surface area contributed by atoms with Crippen molar-refractivity contribution >= 4 is 11.9 Å². The first kappa shape index (κ1) is 14.8. The predicted molar refractivity (Wildman–Crippen MR) is 52.1 cm³/mol. The third kappa shape index (κ3) is 9.38. The van der Waals surface area contributed by atoms with E-state index < -0.39 is 18.5 Å². The quantitative estimate of drug-likeness (QED) is 0.404. The first-order valence-corrected chi connectivity index (χ1v) is 4.77. The van der Waals surface area contributed by atoms with E-state index in [1.54, 1.807) is 0 Å². The average molecular weight is 236 g/mol. The van der Waals surface area contributed by atoms with Gasteiger partial charge in [-0.05, 0) is 6.42 Å². The van der Waals surface area contributed by atoms with E-state index in [9.17, 15) is 9.59 Å². The Labute approximate surface area is 92.9 Å². The highest BCUT2D eigenvalue weighted by atomic mass is 16.7. The Morgan fingerprint density at radius 3 is 2.19 bits per heavy atom. The molecule has 0 aromatic rings. The topological polar surface area (TPSA) is 102 Å². The first-order chi connectivity index (χ1) is 7.56. The zero-order chi connectivity index (χ0) is 12.4. The summed E-state index contributed by atoms with van der Waals surface area (Å²) in [6, 6.07) is 0. The van der Waals surface area contributed by atoms with Gasteiger partial charge in [-0.3, -0.25) is 0 Å². The fourth-order valence-electron chi connectivity index (χ4n) is 0.835. The molecule has 1 atom stereocenters. The number of hydrogen-bond acceptors (Lipinski definition) is 5. The van der Waals surface area contributed by atoms with Crippen LogP contribution < -0.4 is 0 Å². The maximum Gasteiger partial charge on any atom is 0.329 e. The van der Waals surface area contributed by atoms with Crippen LogP contribution in [0.5, 0.6) is 0 Å². The molecule has 94 valence electrons. The molecule has 0 radical (unpaired) electrons. The summed E-state index contributed by atoms with van der Waals surface area (Å²) in [7, 11) is 0. The van der Waals surface area contributed by atoms with Crippen LogP contribution in [0, 0.1) is 0 Å². The van der Waals surface area contributed by atoms with E-state index in [0.717, 1.165) is 0 Å². The molecule has 1 unspecified atom stereocenters. The fourth-order valence-corrected chi connectivity index (χ4v) is 0.835. The molecule has 0 aliphatic rings. The molecule has 0 saturated heterocycles. The van der Waals surface area contributed by atoms with Crippen LogP contribution in [-0.4, -0.2) is 54.9 Å². The lowest BCUT2D eigenvalue weighted by Crippen LogP contribution is -2.23. The van der Waals surface area contributed by atoms with Gasteiger partial charge in [0.05, 0.1) is 12.7 Å². The molecule has 7 nitrogen and oxygen atoms in total. The predicted octanol–water partition coefficient (Wildman–Crippen LogP) is -0.0585. The molecule has 0 aromatic carbocycles. The molecular weight excluding hydrogens is 220 g/mol. The van der Waals surface area contributed by atoms with Crippen molar-refractivity contribution in [2.75, 3.05) is 26.6 Å². The van der Waals surface area contributed by atoms with E-state index >= 15 is 0 Å². The molecule has 0 spiro atoms. The number of carboxylic acids is 2. The van der Waals surface area contributed by atoms with Gasteiger partial charge >= 0.3 is 11.9 Å². The van der Waals surface area contributed by atoms with Gasteiger partial charge in [0.25, 0.3) is 0 Å². The molecule has 0 amide bonds. The Morgan fingerprint density at radius 2 is 1.69 bits per heavy atom. The summed E-state index contributed by atoms with van der Waals surface area (Å²) in [6.45, 7) is 1.02. The van der Waals surface area contributed by atoms with Crippen molar-refractivity contribution in [1.29, 1.82) is 0 Å². The van der Waals surface area contributed by atoms with Gasteiger partial charge in [0.2, 0.25) is 0 Å². The van der Waals surface area contributed by atoms with Gasteiger partial charge < -0.3 is 24.4 Å². The summed E-state index contributed by atoms with van der Waals surface area (Å²) in [4.78, 5) is 20.2. The molecule has 0 aliphatic carbocycles. The third-order valence-corrected chi connectivity index (χ3v) is 1.60. The lowest BCUT2D eigenvalue weighted by Gasteiger charge is -2.15. The highest BCUT2D eigenvalue weighted by molar-refractivity contribution is 5.68. The van der Waals surface area contributed by atoms with Gasteiger partial charge in [0, 0.05) is 0 Å². The van der Waals surface area contributed by atoms with E-state index in [2.05, 4.69) is 4.74 Å². The van der Waals surface area contributed by atoms with Gasteiger partial charge in [-0.2, -0.15) is 0 Å². The van der Waals surface area contributed by atoms with Crippen LogP contribution in [0.25, 0.3) is 0 Å². The second kappa shape index (κ2) is 9.08. The van der Waals surface area contributed by atoms with E-state index in [0.29, 0.717) is 6.42 Å². The van der Waals surface area contributed by atoms with Crippen LogP contribution in [0.3, 0.4) is 0 Å². The van der Waals surface area contributed by atoms with E-state index in [1.165, 1.54) is 0 Å². The standard InChI is InChI=1S/C9H16O7/c1-2-7(3-14-4-8(10)11)16-6-15-5-9(12)13/h7H,2-6H2,1H3,(H,10,11)(H,12,13). The van der Waals surface area contributed by atoms with E-state index in [1.807, 2.05) is 6.92 Å². The molecule has 16 heavy (non-hydrogen) atoms. The molecule has 0 aliphatic heterocycles. The normalized spacial score (nSPS) is 12.3. The number of rotatable bonds is 10. The Bertz CT molecular complexity index is 216. The SMILES string of the molecule is CCC(COCC(=O)O)OCOCC(=O)O. The summed E-state index contributed by atoms with van der Waals surface area (Å²) in [5.74, 6) is -2.12. The smallest absolute Gasteiger partial charge is 0.329 e. The minimum Gasteiger partial charge on any atom is -0.480 e. The van der Waals surface area contributed by atoms with Crippen molar-refractivity contribution in [2.45, 2.75) is 19.4 Å². The summed E-state index contributed by atoms with van der Waals surface area (Å²) in [5, 5.41) is 16.6. The molecule has 0 heterocycles. The second-order valence-electron chi connectivity index (χ2n) is 2.97. The lowest BCUT2D eigenvalue weighted by molar-refractivity contribution is -0.156. The molecule has 0 fully saturated rings. The van der Waals surface area contributed by atoms with Crippen LogP contribution >= 0.6 is 0 Å². The molecule has 7 heteroatoms. The zero-order valence-electron chi connectivity index (χ0n) is 9.05. The number of carbonyl (C=O) groups is 2. The maximum atomic E-state index is 10.1. The van der Waals surface area contributed by atoms with Crippen molar-refractivity contribution < 1.29 is 34.0 Å². The van der Waals surface area contributed by atoms with Crippen molar-refractivity contribution in [2.24, 2.45) is 0 Å². The first-order valence-electron chi connectivity index (χ1n) is 4.77. The van der Waals surface area contributed by atoms with Crippen LogP contribution in [0.4, 0.5) is 0 Å². The lowest BCUT2D eigenvalue weighted by atomic mass is 10.3. The Morgan fingerprint density at radius 1 is 1.12 bits per heavy atom. The highest BCUT2D eigenvalue weighted by Gasteiger charge is 2.08. The third-order valence-electron chi connectivity index (χ3n) is 1.60. The average Bonchev–Trinajstić information content (AvgIpc) is 2.20. The monoisotopic (exact) mass is 236 g/mol. The number of hydrogen-bond donors (Lipinski definition) is 2. The Kier molecular flexibility index (Phi) is 8.41. The molecular formula is C9H16O7. The number of aliphatic carboxylic acids is 2. The van der Waals surface area contributed by atoms with E-state index in [4.69, 9.17) is 19.7 Å². The maximum absolute atomic E-state index is 10.1. The van der Waals surface area contributed by atoms with Crippen molar-refractivity contribution in [3.05, 3.63) is 0 Å². The summed E-state index contributed by atoms with van der Waals surface area (Å²) < 4.78 is 14.6. The van der Waals surface area contributed by atoms with E-state index in [-0.39, 0.29) is 26.1 Å². The molecule has 2 N–H and O–H groups in total. The van der Waals surface area contributed by atoms with Gasteiger partial charge in [0.1, 0.15) is 20.0 Å². The van der Waals surface area contributed by atoms with Gasteiger partial charge in [-0.1, -0.05) is 6.92 Å². The van der Waals surface area contributed by atoms with Gasteiger partial charge in [0.15, 0.2) is 0 Å². The van der Waals surface area contributed by atoms with Crippen LogP contribution in [-0.2, 0) is 23.8 Å². The summed E-state index contributed by atoms with van der Waals surface area (Å²) in [6.07, 6.45) is 0.323. The second-order valence-corrected chi connectivity index (χ2v) is 2.97. The largest absolute Gasteiger partial charge is 0.480 e. The molecule has 0 aromatic heterocycles. The minimum atomic E-state index is -1.07. The fraction of sp³-hybridized carbons (Fsp3) is 0.778. The van der Waals surface area contributed by atoms with Crippen molar-refractivity contribution in [3.63, 3.8) is 0 Å². The zero-order valence-corrected chi connectivity index (χ0v) is 9.05. The minimum absolute atomic E-state index is 0.138. The van der Waals surface area contributed by atoms with Gasteiger partial charge in [-0.25, -0.2) is 9.59 Å². The molecule has 0 saturated carbocycles. The highest BCUT2D eigenvalue weighted by Crippen LogP contribution is 1.99. The van der Waals surface area contributed by atoms with Gasteiger partial charge in [-0.15, -0.1) is 0 Å². The van der Waals surface area contributed by atoms with Crippen LogP contribution in [0.15, 0.2) is 0 Å². The molecule has 0 rings (SSSR count). The Balaban J connectivity index is 3.51. The Hall–Kier alpha value is -1.18. The number of ether oxygens (including phenoxy) is 3. The summed E-state index contributed by atoms with van der Waals surface area (Å²) in [5.41, 5.74) is 0. The van der Waals surface area contributed by atoms with Crippen molar-refractivity contribution in [1.82, 2.24) is 0 Å². The van der Waals surface area contributed by atoms with Crippen LogP contribution in [0.2, 0.25) is 0 Å². The summed E-state index contributed by atoms with van der Waals surface area (Å²) >= 11 is 0. The van der Waals surface area contributed by atoms with Crippen molar-refractivity contribution in [3.8, 4) is 0 Å². The van der Waals surface area contributed by atoms with Crippen LogP contribution in [0.1, 0.15) is 13.3 Å².